The Bertz CT molecular complexity index is 813. The zero-order valence-electron chi connectivity index (χ0n) is 12.5. The molecule has 0 amide bonds. The molecule has 0 unspecified atom stereocenters. The Morgan fingerprint density at radius 1 is 1.12 bits per heavy atom. The maximum atomic E-state index is 13.7. The van der Waals surface area contributed by atoms with Gasteiger partial charge in [-0.05, 0) is 34.2 Å². The van der Waals surface area contributed by atoms with Gasteiger partial charge in [0.05, 0.1) is 12.6 Å². The summed E-state index contributed by atoms with van der Waals surface area (Å²) in [6, 6.07) is 12.7. The molecule has 1 N–H and O–H groups in total. The van der Waals surface area contributed by atoms with Gasteiger partial charge in [0.15, 0.2) is 0 Å². The minimum atomic E-state index is -1.16. The molecule has 0 radical (unpaired) electrons. The first-order chi connectivity index (χ1) is 11.6. The van der Waals surface area contributed by atoms with Crippen LogP contribution in [0.5, 0.6) is 0 Å². The third kappa shape index (κ3) is 3.95. The number of benzene rings is 2. The van der Waals surface area contributed by atoms with Crippen LogP contribution in [0.3, 0.4) is 0 Å². The molecule has 0 saturated carbocycles. The van der Waals surface area contributed by atoms with E-state index in [2.05, 4.69) is 15.5 Å². The fraction of sp³-hybridized carbons (Fsp3) is 0.188. The number of hydrogen-bond acceptors (Lipinski definition) is 5. The topological polar surface area (TPSA) is 63.8 Å². The van der Waals surface area contributed by atoms with Gasteiger partial charge in [0.1, 0.15) is 11.6 Å². The molecule has 3 aromatic rings. The van der Waals surface area contributed by atoms with Gasteiger partial charge >= 0.3 is 0 Å². The average molecular weight is 348 g/mol. The lowest BCUT2D eigenvalue weighted by atomic mass is 10.1. The molecule has 1 aromatic heterocycles. The lowest BCUT2D eigenvalue weighted by molar-refractivity contribution is 0.198. The van der Waals surface area contributed by atoms with Crippen molar-refractivity contribution >= 4 is 11.8 Å². The van der Waals surface area contributed by atoms with Crippen LogP contribution >= 0.6 is 11.8 Å². The van der Waals surface area contributed by atoms with Crippen LogP contribution in [0.4, 0.5) is 8.78 Å². The van der Waals surface area contributed by atoms with Crippen LogP contribution in [-0.4, -0.2) is 31.1 Å². The summed E-state index contributed by atoms with van der Waals surface area (Å²) >= 11 is 1.18. The first kappa shape index (κ1) is 16.5. The number of aliphatic hydroxyl groups excluding tert-OH is 1. The quantitative estimate of drug-likeness (QED) is 0.694. The van der Waals surface area contributed by atoms with E-state index in [-0.39, 0.29) is 11.3 Å². The Labute approximate surface area is 141 Å². The Hall–Kier alpha value is -2.32. The van der Waals surface area contributed by atoms with Gasteiger partial charge < -0.3 is 5.11 Å². The highest BCUT2D eigenvalue weighted by atomic mass is 32.2. The number of nitrogens with zero attached hydrogens (tertiary/aromatic N) is 4. The molecule has 1 atom stereocenters. The van der Waals surface area contributed by atoms with Gasteiger partial charge in [-0.3, -0.25) is 0 Å². The minimum absolute atomic E-state index is 0.0791. The number of halogens is 2. The van der Waals surface area contributed by atoms with Crippen molar-refractivity contribution in [3.8, 4) is 0 Å². The highest BCUT2D eigenvalue weighted by Crippen LogP contribution is 2.25. The molecular weight excluding hydrogens is 334 g/mol. The maximum Gasteiger partial charge on any atom is 0.209 e. The van der Waals surface area contributed by atoms with Crippen molar-refractivity contribution in [3.05, 3.63) is 71.3 Å². The van der Waals surface area contributed by atoms with Crippen molar-refractivity contribution in [2.45, 2.75) is 17.8 Å². The third-order valence-corrected chi connectivity index (χ3v) is 4.39. The van der Waals surface area contributed by atoms with E-state index in [0.717, 1.165) is 23.8 Å². The van der Waals surface area contributed by atoms with Crippen molar-refractivity contribution in [2.75, 3.05) is 5.75 Å². The SMILES string of the molecule is O[C@H](CSc1nnnn1Cc1ccccc1)c1cc(F)ccc1F. The smallest absolute Gasteiger partial charge is 0.209 e. The van der Waals surface area contributed by atoms with Crippen LogP contribution in [-0.2, 0) is 6.54 Å². The summed E-state index contributed by atoms with van der Waals surface area (Å²) in [5.74, 6) is -1.13. The van der Waals surface area contributed by atoms with E-state index in [9.17, 15) is 13.9 Å². The van der Waals surface area contributed by atoms with E-state index in [1.54, 1.807) is 4.68 Å². The van der Waals surface area contributed by atoms with Gasteiger partial charge in [-0.1, -0.05) is 42.1 Å². The average Bonchev–Trinajstić information content (AvgIpc) is 3.03. The van der Waals surface area contributed by atoms with Crippen LogP contribution in [0.2, 0.25) is 0 Å². The number of tetrazole rings is 1. The molecule has 0 fully saturated rings. The monoisotopic (exact) mass is 348 g/mol. The van der Waals surface area contributed by atoms with Gasteiger partial charge in [-0.25, -0.2) is 13.5 Å². The number of aromatic nitrogens is 4. The van der Waals surface area contributed by atoms with E-state index in [0.29, 0.717) is 11.7 Å². The summed E-state index contributed by atoms with van der Waals surface area (Å²) in [6.07, 6.45) is -1.16. The first-order valence-electron chi connectivity index (χ1n) is 7.19. The largest absolute Gasteiger partial charge is 0.387 e. The number of rotatable bonds is 6. The molecule has 0 aliphatic carbocycles. The lowest BCUT2D eigenvalue weighted by Crippen LogP contribution is -2.07. The molecule has 0 bridgehead atoms. The second-order valence-electron chi connectivity index (χ2n) is 5.10. The number of hydrogen-bond donors (Lipinski definition) is 1. The Balaban J connectivity index is 1.67. The summed E-state index contributed by atoms with van der Waals surface area (Å²) in [4.78, 5) is 0. The maximum absolute atomic E-state index is 13.7. The van der Waals surface area contributed by atoms with Crippen LogP contribution in [0, 0.1) is 11.6 Å². The molecule has 24 heavy (non-hydrogen) atoms. The summed E-state index contributed by atoms with van der Waals surface area (Å²) in [5, 5.41) is 22.0. The summed E-state index contributed by atoms with van der Waals surface area (Å²) in [5.41, 5.74) is 0.952. The Kier molecular flexibility index (Phi) is 5.17. The molecule has 1 heterocycles. The third-order valence-electron chi connectivity index (χ3n) is 3.36. The molecule has 0 aliphatic heterocycles. The Morgan fingerprint density at radius 2 is 1.92 bits per heavy atom. The second-order valence-corrected chi connectivity index (χ2v) is 6.08. The molecule has 5 nitrogen and oxygen atoms in total. The van der Waals surface area contributed by atoms with E-state index < -0.39 is 17.7 Å². The highest BCUT2D eigenvalue weighted by Gasteiger charge is 2.16. The van der Waals surface area contributed by atoms with Crippen molar-refractivity contribution in [1.29, 1.82) is 0 Å². The van der Waals surface area contributed by atoms with Gasteiger partial charge in [-0.15, -0.1) is 5.10 Å². The lowest BCUT2D eigenvalue weighted by Gasteiger charge is -2.11. The van der Waals surface area contributed by atoms with Gasteiger partial charge in [0.25, 0.3) is 0 Å². The molecule has 0 aliphatic rings. The molecule has 3 rings (SSSR count). The molecule has 2 aromatic carbocycles. The van der Waals surface area contributed by atoms with Gasteiger partial charge in [0.2, 0.25) is 5.16 Å². The van der Waals surface area contributed by atoms with E-state index in [1.807, 2.05) is 30.3 Å². The van der Waals surface area contributed by atoms with E-state index >= 15 is 0 Å². The van der Waals surface area contributed by atoms with Crippen molar-refractivity contribution in [1.82, 2.24) is 20.2 Å². The van der Waals surface area contributed by atoms with Gasteiger partial charge in [0, 0.05) is 11.3 Å². The fourth-order valence-corrected chi connectivity index (χ4v) is 3.00. The summed E-state index contributed by atoms with van der Waals surface area (Å²) in [6.45, 7) is 0.487. The van der Waals surface area contributed by atoms with Crippen LogP contribution in [0.1, 0.15) is 17.2 Å². The van der Waals surface area contributed by atoms with Crippen molar-refractivity contribution in [2.24, 2.45) is 0 Å². The standard InChI is InChI=1S/C16H14F2N4OS/c17-12-6-7-14(18)13(8-12)15(23)10-24-16-19-20-21-22(16)9-11-4-2-1-3-5-11/h1-8,15,23H,9-10H2/t15-/m1/s1. The predicted molar refractivity (Wildman–Crippen MR) is 85.4 cm³/mol. The van der Waals surface area contributed by atoms with E-state index in [1.165, 1.54) is 11.8 Å². The van der Waals surface area contributed by atoms with Crippen LogP contribution in [0.15, 0.2) is 53.7 Å². The number of thioether (sulfide) groups is 1. The molecule has 124 valence electrons. The normalized spacial score (nSPS) is 12.3. The number of aliphatic hydroxyl groups is 1. The minimum Gasteiger partial charge on any atom is -0.387 e. The van der Waals surface area contributed by atoms with Crippen molar-refractivity contribution in [3.63, 3.8) is 0 Å². The highest BCUT2D eigenvalue weighted by molar-refractivity contribution is 7.99. The fourth-order valence-electron chi connectivity index (χ4n) is 2.17. The first-order valence-corrected chi connectivity index (χ1v) is 8.18. The summed E-state index contributed by atoms with van der Waals surface area (Å²) in [7, 11) is 0. The van der Waals surface area contributed by atoms with Crippen LogP contribution in [0.25, 0.3) is 0 Å². The molecule has 0 saturated heterocycles. The molecule has 8 heteroatoms. The Morgan fingerprint density at radius 3 is 2.71 bits per heavy atom. The molecule has 0 spiro atoms. The summed E-state index contributed by atoms with van der Waals surface area (Å²) < 4.78 is 28.5. The van der Waals surface area contributed by atoms with Crippen molar-refractivity contribution < 1.29 is 13.9 Å². The van der Waals surface area contributed by atoms with Gasteiger partial charge in [-0.2, -0.15) is 0 Å². The second kappa shape index (κ2) is 7.50. The van der Waals surface area contributed by atoms with Crippen LogP contribution < -0.4 is 0 Å². The predicted octanol–water partition coefficient (Wildman–Crippen LogP) is 2.83. The zero-order chi connectivity index (χ0) is 16.9. The molecular formula is C16H14F2N4OS. The zero-order valence-corrected chi connectivity index (χ0v) is 13.3. The van der Waals surface area contributed by atoms with E-state index in [4.69, 9.17) is 0 Å².